The molecule has 132 valence electrons. The first-order valence-electron chi connectivity index (χ1n) is 10.2. The van der Waals surface area contributed by atoms with Crippen LogP contribution in [0.5, 0.6) is 0 Å². The second-order valence-corrected chi connectivity index (χ2v) is 8.65. The molecular weight excluding hydrogens is 312 g/mol. The van der Waals surface area contributed by atoms with E-state index in [1.165, 1.54) is 41.6 Å². The van der Waals surface area contributed by atoms with E-state index in [-0.39, 0.29) is 5.41 Å². The maximum atomic E-state index is 2.62. The molecule has 2 unspecified atom stereocenters. The van der Waals surface area contributed by atoms with Gasteiger partial charge in [0.15, 0.2) is 0 Å². The molecule has 0 amide bonds. The van der Waals surface area contributed by atoms with Crippen LogP contribution in [0.1, 0.15) is 46.0 Å². The average Bonchev–Trinajstić information content (AvgIpc) is 3.54. The molecule has 0 aromatic rings. The molecule has 2 atom stereocenters. The van der Waals surface area contributed by atoms with Crippen molar-refractivity contribution < 1.29 is 0 Å². The first-order valence-corrected chi connectivity index (χ1v) is 10.2. The fourth-order valence-electron chi connectivity index (χ4n) is 4.90. The molecule has 0 N–H and O–H groups in total. The predicted molar refractivity (Wildman–Crippen MR) is 111 cm³/mol. The van der Waals surface area contributed by atoms with Crippen LogP contribution < -0.4 is 0 Å². The van der Waals surface area contributed by atoms with E-state index >= 15 is 0 Å². The van der Waals surface area contributed by atoms with Crippen LogP contribution in [0, 0.1) is 16.7 Å². The molecule has 0 aliphatic heterocycles. The molecule has 0 bridgehead atoms. The summed E-state index contributed by atoms with van der Waals surface area (Å²) in [6.07, 6.45) is 32.5. The second kappa shape index (κ2) is 5.71. The fraction of sp³-hybridized carbons (Fsp3) is 0.385. The Kier molecular flexibility index (Phi) is 3.54. The monoisotopic (exact) mass is 340 g/mol. The third-order valence-electron chi connectivity index (χ3n) is 6.89. The van der Waals surface area contributed by atoms with Gasteiger partial charge in [-0.05, 0) is 66.7 Å². The summed E-state index contributed by atoms with van der Waals surface area (Å²) in [5.74, 6) is 0.497. The summed E-state index contributed by atoms with van der Waals surface area (Å²) in [6.45, 7) is 4.61. The van der Waals surface area contributed by atoms with Crippen LogP contribution in [0.25, 0.3) is 0 Å². The molecule has 1 saturated carbocycles. The number of hydrogen-bond acceptors (Lipinski definition) is 0. The van der Waals surface area contributed by atoms with Crippen molar-refractivity contribution in [1.82, 2.24) is 0 Å². The van der Waals surface area contributed by atoms with Gasteiger partial charge in [0.05, 0.1) is 5.41 Å². The van der Waals surface area contributed by atoms with E-state index in [1.807, 2.05) is 0 Å². The molecule has 0 saturated heterocycles. The SMILES string of the molecule is CCC(C1=CC=CCC=C1)C1=CC2=CC2(C2=CC3(CC=C2C)CC3)C=C1. The molecular formula is C26H28. The van der Waals surface area contributed by atoms with Gasteiger partial charge in [-0.2, -0.15) is 0 Å². The molecule has 5 aliphatic rings. The Hall–Kier alpha value is -2.08. The van der Waals surface area contributed by atoms with Crippen LogP contribution in [-0.4, -0.2) is 0 Å². The van der Waals surface area contributed by atoms with Crippen LogP contribution >= 0.6 is 0 Å². The number of hydrogen-bond donors (Lipinski definition) is 0. The number of rotatable bonds is 4. The van der Waals surface area contributed by atoms with Crippen molar-refractivity contribution in [2.45, 2.75) is 46.0 Å². The van der Waals surface area contributed by atoms with Crippen molar-refractivity contribution in [2.75, 3.05) is 0 Å². The summed E-state index contributed by atoms with van der Waals surface area (Å²) in [5, 5.41) is 0. The van der Waals surface area contributed by atoms with E-state index in [4.69, 9.17) is 0 Å². The van der Waals surface area contributed by atoms with Crippen molar-refractivity contribution in [3.05, 3.63) is 94.7 Å². The highest BCUT2D eigenvalue weighted by atomic mass is 14.5. The zero-order chi connectivity index (χ0) is 17.8. The largest absolute Gasteiger partial charge is 0.0807 e. The van der Waals surface area contributed by atoms with Crippen molar-refractivity contribution in [1.29, 1.82) is 0 Å². The standard InChI is InChI=1S/C26H28/c1-3-23(20-8-6-4-5-7-9-20)21-11-13-26(17-22(26)16-21)24-18-25(14-15-25)12-10-19(24)2/h4,6-11,13,16-18,23H,3,5,12,14-15H2,1-2H3. The first-order chi connectivity index (χ1) is 12.7. The molecule has 1 fully saturated rings. The fourth-order valence-corrected chi connectivity index (χ4v) is 4.90. The smallest absolute Gasteiger partial charge is 0.0569 e. The van der Waals surface area contributed by atoms with E-state index in [0.717, 1.165) is 12.8 Å². The Bertz CT molecular complexity index is 886. The molecule has 0 nitrogen and oxygen atoms in total. The first kappa shape index (κ1) is 16.1. The topological polar surface area (TPSA) is 0 Å². The Labute approximate surface area is 157 Å². The van der Waals surface area contributed by atoms with E-state index in [2.05, 4.69) is 80.7 Å². The Morgan fingerprint density at radius 3 is 2.73 bits per heavy atom. The molecule has 5 aliphatic carbocycles. The lowest BCUT2D eigenvalue weighted by atomic mass is 9.75. The number of fused-ring (bicyclic) bond motifs is 1. The zero-order valence-electron chi connectivity index (χ0n) is 16.0. The number of allylic oxidation sites excluding steroid dienone is 16. The minimum absolute atomic E-state index is 0.117. The summed E-state index contributed by atoms with van der Waals surface area (Å²) < 4.78 is 0. The van der Waals surface area contributed by atoms with Crippen LogP contribution in [0.15, 0.2) is 94.7 Å². The highest BCUT2D eigenvalue weighted by molar-refractivity contribution is 5.69. The van der Waals surface area contributed by atoms with Gasteiger partial charge in [0, 0.05) is 5.92 Å². The Balaban J connectivity index is 1.43. The Morgan fingerprint density at radius 1 is 1.08 bits per heavy atom. The molecule has 0 aromatic heterocycles. The van der Waals surface area contributed by atoms with E-state index in [0.29, 0.717) is 11.3 Å². The summed E-state index contributed by atoms with van der Waals surface area (Å²) in [5.41, 5.74) is 8.10. The summed E-state index contributed by atoms with van der Waals surface area (Å²) >= 11 is 0. The van der Waals surface area contributed by atoms with Gasteiger partial charge in [-0.25, -0.2) is 0 Å². The third-order valence-corrected chi connectivity index (χ3v) is 6.89. The van der Waals surface area contributed by atoms with Crippen LogP contribution in [-0.2, 0) is 0 Å². The van der Waals surface area contributed by atoms with E-state index in [9.17, 15) is 0 Å². The summed E-state index contributed by atoms with van der Waals surface area (Å²) in [7, 11) is 0. The van der Waals surface area contributed by atoms with E-state index in [1.54, 1.807) is 5.57 Å². The maximum Gasteiger partial charge on any atom is 0.0569 e. The van der Waals surface area contributed by atoms with Crippen LogP contribution in [0.2, 0.25) is 0 Å². The van der Waals surface area contributed by atoms with Crippen LogP contribution in [0.3, 0.4) is 0 Å². The predicted octanol–water partition coefficient (Wildman–Crippen LogP) is 6.93. The lowest BCUT2D eigenvalue weighted by Crippen LogP contribution is -2.16. The molecule has 26 heavy (non-hydrogen) atoms. The van der Waals surface area contributed by atoms with Crippen molar-refractivity contribution >= 4 is 0 Å². The van der Waals surface area contributed by atoms with Gasteiger partial charge >= 0.3 is 0 Å². The van der Waals surface area contributed by atoms with Crippen molar-refractivity contribution in [2.24, 2.45) is 16.7 Å². The minimum Gasteiger partial charge on any atom is -0.0807 e. The molecule has 0 heteroatoms. The molecule has 0 radical (unpaired) electrons. The minimum atomic E-state index is 0.117. The average molecular weight is 341 g/mol. The molecule has 0 heterocycles. The van der Waals surface area contributed by atoms with Gasteiger partial charge < -0.3 is 0 Å². The van der Waals surface area contributed by atoms with Gasteiger partial charge in [0.25, 0.3) is 0 Å². The zero-order valence-corrected chi connectivity index (χ0v) is 16.0. The van der Waals surface area contributed by atoms with Gasteiger partial charge in [-0.15, -0.1) is 0 Å². The van der Waals surface area contributed by atoms with Crippen molar-refractivity contribution in [3.63, 3.8) is 0 Å². The van der Waals surface area contributed by atoms with Gasteiger partial charge in [-0.1, -0.05) is 79.3 Å². The van der Waals surface area contributed by atoms with Gasteiger partial charge in [0.1, 0.15) is 0 Å². The van der Waals surface area contributed by atoms with Gasteiger partial charge in [-0.3, -0.25) is 0 Å². The van der Waals surface area contributed by atoms with E-state index < -0.39 is 0 Å². The summed E-state index contributed by atoms with van der Waals surface area (Å²) in [6, 6.07) is 0. The highest BCUT2D eigenvalue weighted by Gasteiger charge is 2.50. The lowest BCUT2D eigenvalue weighted by molar-refractivity contribution is 0.627. The van der Waals surface area contributed by atoms with Crippen molar-refractivity contribution in [3.8, 4) is 0 Å². The molecule has 1 spiro atoms. The molecule has 0 aromatic carbocycles. The lowest BCUT2D eigenvalue weighted by Gasteiger charge is -2.29. The maximum absolute atomic E-state index is 2.62. The normalized spacial score (nSPS) is 31.2. The summed E-state index contributed by atoms with van der Waals surface area (Å²) in [4.78, 5) is 0. The van der Waals surface area contributed by atoms with Gasteiger partial charge in [0.2, 0.25) is 0 Å². The second-order valence-electron chi connectivity index (χ2n) is 8.65. The highest BCUT2D eigenvalue weighted by Crippen LogP contribution is 2.62. The Morgan fingerprint density at radius 2 is 1.96 bits per heavy atom. The van der Waals surface area contributed by atoms with Crippen LogP contribution in [0.4, 0.5) is 0 Å². The quantitative estimate of drug-likeness (QED) is 0.520. The third kappa shape index (κ3) is 2.50. The molecule has 5 rings (SSSR count).